The minimum atomic E-state index is -0.417. The molecular formula is C18H18FN3O3. The lowest BCUT2D eigenvalue weighted by molar-refractivity contribution is 0.0796. The molecule has 0 spiro atoms. The highest BCUT2D eigenvalue weighted by atomic mass is 19.1. The summed E-state index contributed by atoms with van der Waals surface area (Å²) in [6, 6.07) is 10.4. The molecule has 2 aromatic rings. The van der Waals surface area contributed by atoms with Gasteiger partial charge in [0.15, 0.2) is 0 Å². The van der Waals surface area contributed by atoms with Crippen LogP contribution in [0.15, 0.2) is 42.5 Å². The normalized spacial score (nSPS) is 13.5. The molecule has 3 rings (SSSR count). The molecule has 0 aromatic heterocycles. The molecule has 25 heavy (non-hydrogen) atoms. The van der Waals surface area contributed by atoms with Crippen molar-refractivity contribution in [3.05, 3.63) is 59.4 Å². The molecular weight excluding hydrogens is 325 g/mol. The summed E-state index contributed by atoms with van der Waals surface area (Å²) in [5.41, 5.74) is 1.68. The van der Waals surface area contributed by atoms with Gasteiger partial charge in [0, 0.05) is 19.3 Å². The maximum atomic E-state index is 12.9. The van der Waals surface area contributed by atoms with Gasteiger partial charge in [-0.15, -0.1) is 0 Å². The van der Waals surface area contributed by atoms with Gasteiger partial charge in [-0.05, 0) is 35.9 Å². The average molecular weight is 343 g/mol. The van der Waals surface area contributed by atoms with E-state index in [-0.39, 0.29) is 18.3 Å². The number of benzene rings is 2. The van der Waals surface area contributed by atoms with Crippen LogP contribution in [0, 0.1) is 5.82 Å². The number of fused-ring (bicyclic) bond motifs is 1. The molecule has 2 aromatic carbocycles. The number of urea groups is 1. The smallest absolute Gasteiger partial charge is 0.319 e. The van der Waals surface area contributed by atoms with Crippen molar-refractivity contribution in [2.45, 2.75) is 6.54 Å². The average Bonchev–Trinajstić information content (AvgIpc) is 2.74. The molecule has 6 nitrogen and oxygen atoms in total. The highest BCUT2D eigenvalue weighted by molar-refractivity contribution is 5.99. The first-order chi connectivity index (χ1) is 12.0. The number of ether oxygens (including phenoxy) is 1. The number of halogens is 1. The monoisotopic (exact) mass is 343 g/mol. The standard InChI is InChI=1S/C18H18FN3O3/c1-22-8-9-25-16-7-6-14(10-15(16)17(22)23)21-18(24)20-11-12-2-4-13(19)5-3-12/h2-7,10H,8-9,11H2,1H3,(H2,20,21,24). The van der Waals surface area contributed by atoms with Crippen molar-refractivity contribution >= 4 is 17.6 Å². The molecule has 2 N–H and O–H groups in total. The van der Waals surface area contributed by atoms with E-state index in [4.69, 9.17) is 4.74 Å². The first kappa shape index (κ1) is 16.8. The zero-order valence-corrected chi connectivity index (χ0v) is 13.7. The summed E-state index contributed by atoms with van der Waals surface area (Å²) in [5.74, 6) is 0.0320. The molecule has 130 valence electrons. The largest absolute Gasteiger partial charge is 0.491 e. The quantitative estimate of drug-likeness (QED) is 0.900. The van der Waals surface area contributed by atoms with E-state index in [1.807, 2.05) is 0 Å². The number of rotatable bonds is 3. The van der Waals surface area contributed by atoms with E-state index < -0.39 is 6.03 Å². The molecule has 0 saturated carbocycles. The molecule has 0 aliphatic carbocycles. The lowest BCUT2D eigenvalue weighted by Crippen LogP contribution is -2.29. The Kier molecular flexibility index (Phi) is 4.83. The van der Waals surface area contributed by atoms with Gasteiger partial charge in [0.25, 0.3) is 5.91 Å². The fourth-order valence-electron chi connectivity index (χ4n) is 2.46. The number of likely N-dealkylation sites (N-methyl/N-ethyl adjacent to an activating group) is 1. The van der Waals surface area contributed by atoms with Crippen molar-refractivity contribution in [1.29, 1.82) is 0 Å². The number of hydrogen-bond acceptors (Lipinski definition) is 3. The van der Waals surface area contributed by atoms with Crippen LogP contribution in [-0.4, -0.2) is 37.0 Å². The zero-order valence-electron chi connectivity index (χ0n) is 13.7. The molecule has 1 heterocycles. The van der Waals surface area contributed by atoms with E-state index in [0.717, 1.165) is 5.56 Å². The Balaban J connectivity index is 1.64. The van der Waals surface area contributed by atoms with Crippen LogP contribution in [0.25, 0.3) is 0 Å². The van der Waals surface area contributed by atoms with Crippen molar-refractivity contribution in [1.82, 2.24) is 10.2 Å². The fourth-order valence-corrected chi connectivity index (χ4v) is 2.46. The molecule has 0 atom stereocenters. The third-order valence-corrected chi connectivity index (χ3v) is 3.87. The number of nitrogens with one attached hydrogen (secondary N) is 2. The number of anilines is 1. The molecule has 0 radical (unpaired) electrons. The first-order valence-corrected chi connectivity index (χ1v) is 7.84. The molecule has 0 fully saturated rings. The minimum Gasteiger partial charge on any atom is -0.491 e. The summed E-state index contributed by atoms with van der Waals surface area (Å²) in [6.45, 7) is 1.20. The SMILES string of the molecule is CN1CCOc2ccc(NC(=O)NCc3ccc(F)cc3)cc2C1=O. The molecule has 3 amide bonds. The Morgan fingerprint density at radius 1 is 1.24 bits per heavy atom. The summed E-state index contributed by atoms with van der Waals surface area (Å²) in [7, 11) is 1.70. The lowest BCUT2D eigenvalue weighted by Gasteiger charge is -2.13. The highest BCUT2D eigenvalue weighted by Crippen LogP contribution is 2.26. The van der Waals surface area contributed by atoms with Crippen molar-refractivity contribution in [2.24, 2.45) is 0 Å². The maximum absolute atomic E-state index is 12.9. The van der Waals surface area contributed by atoms with Gasteiger partial charge in [0.05, 0.1) is 12.1 Å². The van der Waals surface area contributed by atoms with Gasteiger partial charge in [-0.3, -0.25) is 4.79 Å². The van der Waals surface area contributed by atoms with E-state index in [0.29, 0.717) is 30.2 Å². The topological polar surface area (TPSA) is 70.7 Å². The fraction of sp³-hybridized carbons (Fsp3) is 0.222. The second-order valence-corrected chi connectivity index (χ2v) is 5.72. The van der Waals surface area contributed by atoms with Gasteiger partial charge in [-0.1, -0.05) is 12.1 Å². The van der Waals surface area contributed by atoms with Crippen LogP contribution in [0.1, 0.15) is 15.9 Å². The Labute approximate surface area is 144 Å². The predicted octanol–water partition coefficient (Wildman–Crippen LogP) is 2.61. The predicted molar refractivity (Wildman–Crippen MR) is 91.2 cm³/mol. The van der Waals surface area contributed by atoms with Crippen LogP contribution in [0.3, 0.4) is 0 Å². The molecule has 0 bridgehead atoms. The van der Waals surface area contributed by atoms with Crippen LogP contribution in [-0.2, 0) is 6.54 Å². The van der Waals surface area contributed by atoms with Crippen molar-refractivity contribution < 1.29 is 18.7 Å². The van der Waals surface area contributed by atoms with E-state index in [1.54, 1.807) is 42.3 Å². The van der Waals surface area contributed by atoms with Crippen molar-refractivity contribution in [2.75, 3.05) is 25.5 Å². The Bertz CT molecular complexity index is 793. The van der Waals surface area contributed by atoms with Crippen molar-refractivity contribution in [3.8, 4) is 5.75 Å². The van der Waals surface area contributed by atoms with Gasteiger partial charge >= 0.3 is 6.03 Å². The lowest BCUT2D eigenvalue weighted by atomic mass is 10.1. The van der Waals surface area contributed by atoms with Crippen LogP contribution in [0.5, 0.6) is 5.75 Å². The summed E-state index contributed by atoms with van der Waals surface area (Å²) >= 11 is 0. The molecule has 0 saturated heterocycles. The number of carbonyl (C=O) groups is 2. The summed E-state index contributed by atoms with van der Waals surface area (Å²) in [6.07, 6.45) is 0. The summed E-state index contributed by atoms with van der Waals surface area (Å²) < 4.78 is 18.4. The van der Waals surface area contributed by atoms with Crippen LogP contribution in [0.4, 0.5) is 14.9 Å². The first-order valence-electron chi connectivity index (χ1n) is 7.84. The molecule has 7 heteroatoms. The second-order valence-electron chi connectivity index (χ2n) is 5.72. The molecule has 1 aliphatic rings. The Morgan fingerprint density at radius 2 is 2.00 bits per heavy atom. The molecule has 0 unspecified atom stereocenters. The number of nitrogens with zero attached hydrogens (tertiary/aromatic N) is 1. The zero-order chi connectivity index (χ0) is 17.8. The van der Waals surface area contributed by atoms with Gasteiger partial charge in [-0.25, -0.2) is 9.18 Å². The van der Waals surface area contributed by atoms with Gasteiger partial charge in [0.1, 0.15) is 18.2 Å². The number of amides is 3. The van der Waals surface area contributed by atoms with Crippen LogP contribution in [0.2, 0.25) is 0 Å². The third-order valence-electron chi connectivity index (χ3n) is 3.87. The Hall–Kier alpha value is -3.09. The highest BCUT2D eigenvalue weighted by Gasteiger charge is 2.21. The second kappa shape index (κ2) is 7.21. The minimum absolute atomic E-state index is 0.150. The van der Waals surface area contributed by atoms with Gasteiger partial charge < -0.3 is 20.3 Å². The Morgan fingerprint density at radius 3 is 2.76 bits per heavy atom. The third kappa shape index (κ3) is 4.06. The van der Waals surface area contributed by atoms with E-state index >= 15 is 0 Å². The van der Waals surface area contributed by atoms with E-state index in [1.165, 1.54) is 12.1 Å². The van der Waals surface area contributed by atoms with E-state index in [2.05, 4.69) is 10.6 Å². The van der Waals surface area contributed by atoms with Crippen molar-refractivity contribution in [3.63, 3.8) is 0 Å². The summed E-state index contributed by atoms with van der Waals surface area (Å²) in [5, 5.41) is 5.36. The summed E-state index contributed by atoms with van der Waals surface area (Å²) in [4.78, 5) is 25.9. The molecule has 1 aliphatic heterocycles. The number of carbonyl (C=O) groups excluding carboxylic acids is 2. The number of hydrogen-bond donors (Lipinski definition) is 2. The van der Waals surface area contributed by atoms with Crippen LogP contribution < -0.4 is 15.4 Å². The van der Waals surface area contributed by atoms with Crippen LogP contribution >= 0.6 is 0 Å². The van der Waals surface area contributed by atoms with Gasteiger partial charge in [0.2, 0.25) is 0 Å². The van der Waals surface area contributed by atoms with Gasteiger partial charge in [-0.2, -0.15) is 0 Å². The maximum Gasteiger partial charge on any atom is 0.319 e. The van der Waals surface area contributed by atoms with E-state index in [9.17, 15) is 14.0 Å².